The van der Waals surface area contributed by atoms with Gasteiger partial charge in [0, 0.05) is 5.69 Å². The van der Waals surface area contributed by atoms with Gasteiger partial charge in [-0.25, -0.2) is 0 Å². The zero-order valence-corrected chi connectivity index (χ0v) is 18.9. The molecule has 2 unspecified atom stereocenters. The van der Waals surface area contributed by atoms with Crippen molar-refractivity contribution in [3.63, 3.8) is 0 Å². The normalized spacial score (nSPS) is 12.6. The van der Waals surface area contributed by atoms with E-state index in [1.807, 2.05) is 49.4 Å². The number of ether oxygens (including phenoxy) is 2. The number of carbonyl (C=O) groups is 1. The van der Waals surface area contributed by atoms with Gasteiger partial charge in [-0.3, -0.25) is 4.79 Å². The van der Waals surface area contributed by atoms with Crippen molar-refractivity contribution in [2.24, 2.45) is 0 Å². The molecule has 0 radical (unpaired) electrons. The summed E-state index contributed by atoms with van der Waals surface area (Å²) >= 11 is 0. The van der Waals surface area contributed by atoms with Gasteiger partial charge in [0.25, 0.3) is 5.91 Å². The number of aryl methyl sites for hydroxylation is 1. The Morgan fingerprint density at radius 2 is 1.59 bits per heavy atom. The van der Waals surface area contributed by atoms with E-state index in [0.29, 0.717) is 11.4 Å². The minimum atomic E-state index is -0.810. The third kappa shape index (κ3) is 6.34. The van der Waals surface area contributed by atoms with Crippen LogP contribution in [0.5, 0.6) is 5.75 Å². The summed E-state index contributed by atoms with van der Waals surface area (Å²) in [7, 11) is 0. The maximum Gasteiger partial charge on any atom is 0.291 e. The Morgan fingerprint density at radius 1 is 0.882 bits per heavy atom. The number of aliphatic hydroxyl groups is 1. The van der Waals surface area contributed by atoms with E-state index in [4.69, 9.17) is 13.9 Å². The van der Waals surface area contributed by atoms with E-state index < -0.39 is 6.10 Å². The largest absolute Gasteiger partial charge is 0.491 e. The third-order valence-corrected chi connectivity index (χ3v) is 5.24. The van der Waals surface area contributed by atoms with E-state index in [9.17, 15) is 9.90 Å². The highest BCUT2D eigenvalue weighted by molar-refractivity contribution is 6.02. The van der Waals surface area contributed by atoms with Crippen molar-refractivity contribution >= 4 is 11.6 Å². The molecule has 0 bridgehead atoms. The lowest BCUT2D eigenvalue weighted by Gasteiger charge is -2.21. The molecular weight excluding hydrogens is 430 g/mol. The standard InChI is InChI=1S/C28H27NO5/c1-20-9-11-22(12-10-20)27(21-6-3-2-4-7-21)34-19-24(30)18-33-25-15-13-23(14-16-25)29-28(31)26-8-5-17-32-26/h2-17,24,27,30H,18-19H2,1H3,(H,29,31). The molecule has 4 aromatic rings. The number of hydrogen-bond donors (Lipinski definition) is 2. The maximum atomic E-state index is 12.0. The SMILES string of the molecule is Cc1ccc(C(OCC(O)COc2ccc(NC(=O)c3ccco3)cc2)c2ccccc2)cc1. The lowest BCUT2D eigenvalue weighted by Crippen LogP contribution is -2.25. The van der Waals surface area contributed by atoms with Crippen LogP contribution in [0.15, 0.2) is 102 Å². The molecule has 6 heteroatoms. The molecule has 2 atom stereocenters. The zero-order chi connectivity index (χ0) is 23.8. The van der Waals surface area contributed by atoms with E-state index in [0.717, 1.165) is 11.1 Å². The Bertz CT molecular complexity index is 1160. The van der Waals surface area contributed by atoms with E-state index >= 15 is 0 Å². The second kappa shape index (κ2) is 11.3. The molecule has 0 aliphatic rings. The Hall–Kier alpha value is -3.87. The first-order valence-corrected chi connectivity index (χ1v) is 11.1. The predicted octanol–water partition coefficient (Wildman–Crippen LogP) is 5.39. The minimum absolute atomic E-state index is 0.0769. The number of amides is 1. The second-order valence-electron chi connectivity index (χ2n) is 7.96. The van der Waals surface area contributed by atoms with Crippen molar-refractivity contribution in [1.29, 1.82) is 0 Å². The van der Waals surface area contributed by atoms with Gasteiger partial charge in [0.05, 0.1) is 12.9 Å². The first kappa shape index (κ1) is 23.3. The van der Waals surface area contributed by atoms with Crippen molar-refractivity contribution in [2.45, 2.75) is 19.1 Å². The van der Waals surface area contributed by atoms with Crippen LogP contribution in [0.4, 0.5) is 5.69 Å². The van der Waals surface area contributed by atoms with Gasteiger partial charge in [-0.05, 0) is 54.4 Å². The number of anilines is 1. The topological polar surface area (TPSA) is 80.9 Å². The third-order valence-electron chi connectivity index (χ3n) is 5.24. The molecule has 0 saturated carbocycles. The highest BCUT2D eigenvalue weighted by Gasteiger charge is 2.17. The van der Waals surface area contributed by atoms with Gasteiger partial charge in [0.1, 0.15) is 24.6 Å². The summed E-state index contributed by atoms with van der Waals surface area (Å²) in [6, 6.07) is 28.3. The summed E-state index contributed by atoms with van der Waals surface area (Å²) in [6.45, 7) is 2.24. The molecule has 174 valence electrons. The molecule has 1 aromatic heterocycles. The summed E-state index contributed by atoms with van der Waals surface area (Å²) in [6.07, 6.45) is 0.354. The number of carbonyl (C=O) groups excluding carboxylic acids is 1. The van der Waals surface area contributed by atoms with Gasteiger partial charge in [-0.15, -0.1) is 0 Å². The molecule has 1 heterocycles. The van der Waals surface area contributed by atoms with Gasteiger partial charge in [0.2, 0.25) is 0 Å². The highest BCUT2D eigenvalue weighted by atomic mass is 16.5. The summed E-state index contributed by atoms with van der Waals surface area (Å²) in [5, 5.41) is 13.2. The quantitative estimate of drug-likeness (QED) is 0.334. The molecular formula is C28H27NO5. The van der Waals surface area contributed by atoms with Crippen LogP contribution in [0, 0.1) is 6.92 Å². The monoisotopic (exact) mass is 457 g/mol. The molecule has 6 nitrogen and oxygen atoms in total. The molecule has 0 saturated heterocycles. The lowest BCUT2D eigenvalue weighted by molar-refractivity contribution is -0.0122. The van der Waals surface area contributed by atoms with Gasteiger partial charge >= 0.3 is 0 Å². The summed E-state index contributed by atoms with van der Waals surface area (Å²) in [5.41, 5.74) is 3.83. The number of benzene rings is 3. The summed E-state index contributed by atoms with van der Waals surface area (Å²) in [5.74, 6) is 0.490. The first-order chi connectivity index (χ1) is 16.6. The van der Waals surface area contributed by atoms with E-state index in [2.05, 4.69) is 17.4 Å². The molecule has 0 aliphatic carbocycles. The second-order valence-corrected chi connectivity index (χ2v) is 7.96. The molecule has 2 N–H and O–H groups in total. The van der Waals surface area contributed by atoms with Gasteiger partial charge < -0.3 is 24.3 Å². The van der Waals surface area contributed by atoms with E-state index in [1.165, 1.54) is 11.8 Å². The predicted molar refractivity (Wildman–Crippen MR) is 130 cm³/mol. The molecule has 0 fully saturated rings. The smallest absolute Gasteiger partial charge is 0.291 e. The Balaban J connectivity index is 1.30. The van der Waals surface area contributed by atoms with Crippen LogP contribution >= 0.6 is 0 Å². The first-order valence-electron chi connectivity index (χ1n) is 11.1. The molecule has 0 spiro atoms. The van der Waals surface area contributed by atoms with Crippen LogP contribution in [0.25, 0.3) is 0 Å². The van der Waals surface area contributed by atoms with Gasteiger partial charge in [-0.1, -0.05) is 60.2 Å². The van der Waals surface area contributed by atoms with E-state index in [1.54, 1.807) is 36.4 Å². The fourth-order valence-electron chi connectivity index (χ4n) is 3.44. The van der Waals surface area contributed by atoms with Crippen LogP contribution in [0.3, 0.4) is 0 Å². The van der Waals surface area contributed by atoms with Crippen molar-refractivity contribution < 1.29 is 23.8 Å². The fraction of sp³-hybridized carbons (Fsp3) is 0.179. The molecule has 0 aliphatic heterocycles. The lowest BCUT2D eigenvalue weighted by atomic mass is 10.0. The van der Waals surface area contributed by atoms with Crippen molar-refractivity contribution in [3.8, 4) is 5.75 Å². The molecule has 34 heavy (non-hydrogen) atoms. The Kier molecular flexibility index (Phi) is 7.75. The molecule has 1 amide bonds. The Morgan fingerprint density at radius 3 is 2.26 bits per heavy atom. The highest BCUT2D eigenvalue weighted by Crippen LogP contribution is 2.26. The molecule has 4 rings (SSSR count). The summed E-state index contributed by atoms with van der Waals surface area (Å²) in [4.78, 5) is 12.0. The van der Waals surface area contributed by atoms with Crippen LogP contribution in [-0.4, -0.2) is 30.3 Å². The average molecular weight is 458 g/mol. The van der Waals surface area contributed by atoms with E-state index in [-0.39, 0.29) is 31.0 Å². The zero-order valence-electron chi connectivity index (χ0n) is 18.9. The van der Waals surface area contributed by atoms with Crippen molar-refractivity contribution in [3.05, 3.63) is 120 Å². The van der Waals surface area contributed by atoms with Crippen molar-refractivity contribution in [1.82, 2.24) is 0 Å². The van der Waals surface area contributed by atoms with Crippen LogP contribution in [0.2, 0.25) is 0 Å². The number of nitrogens with one attached hydrogen (secondary N) is 1. The fourth-order valence-corrected chi connectivity index (χ4v) is 3.44. The summed E-state index contributed by atoms with van der Waals surface area (Å²) < 4.78 is 16.9. The number of aliphatic hydroxyl groups excluding tert-OH is 1. The van der Waals surface area contributed by atoms with Crippen LogP contribution < -0.4 is 10.1 Å². The number of rotatable bonds is 10. The minimum Gasteiger partial charge on any atom is -0.491 e. The number of furan rings is 1. The average Bonchev–Trinajstić information content (AvgIpc) is 3.41. The number of hydrogen-bond acceptors (Lipinski definition) is 5. The van der Waals surface area contributed by atoms with Crippen molar-refractivity contribution in [2.75, 3.05) is 18.5 Å². The molecule has 3 aromatic carbocycles. The van der Waals surface area contributed by atoms with Crippen LogP contribution in [0.1, 0.15) is 33.3 Å². The van der Waals surface area contributed by atoms with Gasteiger partial charge in [0.15, 0.2) is 5.76 Å². The maximum absolute atomic E-state index is 12.0. The van der Waals surface area contributed by atoms with Gasteiger partial charge in [-0.2, -0.15) is 0 Å². The van der Waals surface area contributed by atoms with Crippen LogP contribution in [-0.2, 0) is 4.74 Å². The Labute approximate surface area is 198 Å².